The third-order valence-corrected chi connectivity index (χ3v) is 4.31. The number of imidazole rings is 1. The van der Waals surface area contributed by atoms with Crippen molar-refractivity contribution < 1.29 is 20.1 Å². The van der Waals surface area contributed by atoms with E-state index in [9.17, 15) is 15.3 Å². The van der Waals surface area contributed by atoms with Gasteiger partial charge < -0.3 is 25.4 Å². The molecule has 0 saturated carbocycles. The molecule has 1 aliphatic heterocycles. The molecule has 0 aromatic carbocycles. The maximum Gasteiger partial charge on any atom is 0.208 e. The van der Waals surface area contributed by atoms with Gasteiger partial charge in [-0.1, -0.05) is 19.3 Å². The highest BCUT2D eigenvalue weighted by atomic mass is 16.6. The van der Waals surface area contributed by atoms with Crippen LogP contribution in [0, 0.1) is 11.8 Å². The predicted octanol–water partition coefficient (Wildman–Crippen LogP) is 0.0212. The Morgan fingerprint density at radius 2 is 2.12 bits per heavy atom. The van der Waals surface area contributed by atoms with Crippen molar-refractivity contribution in [3.63, 3.8) is 0 Å². The number of ether oxygens (including phenoxy) is 1. The lowest BCUT2D eigenvalue weighted by atomic mass is 10.1. The number of hydrogen-bond donors (Lipinski definition) is 4. The third kappa shape index (κ3) is 3.37. The predicted molar refractivity (Wildman–Crippen MR) is 94.3 cm³/mol. The molecule has 1 aliphatic rings. The van der Waals surface area contributed by atoms with E-state index in [1.54, 1.807) is 7.05 Å². The van der Waals surface area contributed by atoms with E-state index in [-0.39, 0.29) is 0 Å². The number of aromatic nitrogens is 4. The Morgan fingerprint density at radius 1 is 1.31 bits per heavy atom. The number of hydrogen-bond acceptors (Lipinski definition) is 8. The molecule has 0 unspecified atom stereocenters. The molecule has 26 heavy (non-hydrogen) atoms. The van der Waals surface area contributed by atoms with Crippen LogP contribution < -0.4 is 5.32 Å². The SMILES string of the molecule is CCCCC#Cc1nc(NC)c2ncn([C@@H]3O[C@H](CO)[C@@H](O)[C@H]3O)c2n1. The molecule has 140 valence electrons. The van der Waals surface area contributed by atoms with Crippen LogP contribution in [0.2, 0.25) is 0 Å². The summed E-state index contributed by atoms with van der Waals surface area (Å²) >= 11 is 0. The van der Waals surface area contributed by atoms with Crippen LogP contribution in [0.5, 0.6) is 0 Å². The van der Waals surface area contributed by atoms with E-state index in [4.69, 9.17) is 4.74 Å². The molecule has 2 aromatic rings. The Morgan fingerprint density at radius 3 is 2.77 bits per heavy atom. The maximum absolute atomic E-state index is 10.3. The molecule has 0 radical (unpaired) electrons. The zero-order valence-electron chi connectivity index (χ0n) is 14.8. The molecule has 1 fully saturated rings. The summed E-state index contributed by atoms with van der Waals surface area (Å²) in [6.45, 7) is 1.70. The van der Waals surface area contributed by atoms with Gasteiger partial charge in [0.2, 0.25) is 5.82 Å². The highest BCUT2D eigenvalue weighted by molar-refractivity contribution is 5.83. The fourth-order valence-electron chi connectivity index (χ4n) is 2.85. The van der Waals surface area contributed by atoms with Gasteiger partial charge in [0.05, 0.1) is 12.9 Å². The topological polar surface area (TPSA) is 126 Å². The molecular formula is C17H23N5O4. The Bertz CT molecular complexity index is 828. The second kappa shape index (κ2) is 7.97. The number of fused-ring (bicyclic) bond motifs is 1. The number of nitrogens with zero attached hydrogens (tertiary/aromatic N) is 4. The quantitative estimate of drug-likeness (QED) is 0.434. The molecule has 9 nitrogen and oxygen atoms in total. The van der Waals surface area contributed by atoms with Crippen molar-refractivity contribution in [2.45, 2.75) is 50.7 Å². The number of aliphatic hydroxyl groups excluding tert-OH is 3. The van der Waals surface area contributed by atoms with Crippen LogP contribution in [0.1, 0.15) is 38.2 Å². The lowest BCUT2D eigenvalue weighted by Gasteiger charge is -2.16. The van der Waals surface area contributed by atoms with Crippen LogP contribution in [-0.2, 0) is 4.74 Å². The minimum absolute atomic E-state index is 0.339. The first-order valence-electron chi connectivity index (χ1n) is 8.64. The van der Waals surface area contributed by atoms with Crippen molar-refractivity contribution in [3.05, 3.63) is 12.2 Å². The largest absolute Gasteiger partial charge is 0.394 e. The van der Waals surface area contributed by atoms with Gasteiger partial charge in [0.25, 0.3) is 0 Å². The minimum atomic E-state index is -1.21. The van der Waals surface area contributed by atoms with Gasteiger partial charge in [-0.2, -0.15) is 0 Å². The monoisotopic (exact) mass is 361 g/mol. The van der Waals surface area contributed by atoms with Gasteiger partial charge in [-0.15, -0.1) is 0 Å². The van der Waals surface area contributed by atoms with Crippen molar-refractivity contribution in [3.8, 4) is 11.8 Å². The third-order valence-electron chi connectivity index (χ3n) is 4.31. The van der Waals surface area contributed by atoms with Crippen molar-refractivity contribution >= 4 is 17.0 Å². The standard InChI is InChI=1S/C17H23N5O4/c1-3-4-5-6-7-11-20-15(18-2)12-16(21-11)22(9-19-12)17-14(25)13(24)10(8-23)26-17/h9-10,13-14,17,23-25H,3-5,8H2,1-2H3,(H,18,20,21)/t10-,13-,14-,17-/m1/s1. The van der Waals surface area contributed by atoms with Crippen LogP contribution in [0.3, 0.4) is 0 Å². The number of unbranched alkanes of at least 4 members (excludes halogenated alkanes) is 2. The average molecular weight is 361 g/mol. The van der Waals surface area contributed by atoms with E-state index in [1.165, 1.54) is 10.9 Å². The summed E-state index contributed by atoms with van der Waals surface area (Å²) in [6, 6.07) is 0. The summed E-state index contributed by atoms with van der Waals surface area (Å²) in [5.74, 6) is 6.85. The van der Waals surface area contributed by atoms with Crippen LogP contribution in [0.15, 0.2) is 6.33 Å². The lowest BCUT2D eigenvalue weighted by Crippen LogP contribution is -2.33. The summed E-state index contributed by atoms with van der Waals surface area (Å²) in [4.78, 5) is 13.1. The zero-order chi connectivity index (χ0) is 18.7. The molecule has 4 atom stereocenters. The van der Waals surface area contributed by atoms with Gasteiger partial charge in [-0.25, -0.2) is 15.0 Å². The van der Waals surface area contributed by atoms with E-state index in [1.807, 2.05) is 0 Å². The molecule has 2 aromatic heterocycles. The van der Waals surface area contributed by atoms with Gasteiger partial charge in [0.15, 0.2) is 23.2 Å². The van der Waals surface area contributed by atoms with Crippen LogP contribution >= 0.6 is 0 Å². The first-order valence-corrected chi connectivity index (χ1v) is 8.64. The van der Waals surface area contributed by atoms with Crippen molar-refractivity contribution in [1.29, 1.82) is 0 Å². The number of anilines is 1. The second-order valence-electron chi connectivity index (χ2n) is 6.10. The zero-order valence-corrected chi connectivity index (χ0v) is 14.8. The molecule has 0 aliphatic carbocycles. The fraction of sp³-hybridized carbons (Fsp3) is 0.588. The van der Waals surface area contributed by atoms with E-state index in [2.05, 4.69) is 39.0 Å². The molecule has 9 heteroatoms. The molecule has 1 saturated heterocycles. The van der Waals surface area contributed by atoms with Gasteiger partial charge >= 0.3 is 0 Å². The highest BCUT2D eigenvalue weighted by Gasteiger charge is 2.44. The fourth-order valence-corrected chi connectivity index (χ4v) is 2.85. The molecular weight excluding hydrogens is 338 g/mol. The molecule has 0 amide bonds. The van der Waals surface area contributed by atoms with Crippen LogP contribution in [0.4, 0.5) is 5.82 Å². The van der Waals surface area contributed by atoms with Crippen molar-refractivity contribution in [1.82, 2.24) is 19.5 Å². The van der Waals surface area contributed by atoms with E-state index in [0.29, 0.717) is 22.8 Å². The minimum Gasteiger partial charge on any atom is -0.394 e. The Hall–Kier alpha value is -2.25. The Balaban J connectivity index is 2.00. The van der Waals surface area contributed by atoms with E-state index < -0.39 is 31.1 Å². The summed E-state index contributed by atoms with van der Waals surface area (Å²) in [5, 5.41) is 32.5. The number of aliphatic hydroxyl groups is 3. The van der Waals surface area contributed by atoms with E-state index >= 15 is 0 Å². The van der Waals surface area contributed by atoms with Gasteiger partial charge in [-0.3, -0.25) is 4.57 Å². The lowest BCUT2D eigenvalue weighted by molar-refractivity contribution is -0.0511. The van der Waals surface area contributed by atoms with Crippen LogP contribution in [-0.4, -0.2) is 66.8 Å². The molecule has 4 N–H and O–H groups in total. The smallest absolute Gasteiger partial charge is 0.208 e. The van der Waals surface area contributed by atoms with Gasteiger partial charge in [-0.05, 0) is 12.3 Å². The Labute approximate surface area is 151 Å². The molecule has 3 heterocycles. The van der Waals surface area contributed by atoms with Gasteiger partial charge in [0.1, 0.15) is 18.3 Å². The number of rotatable bonds is 5. The Kier molecular flexibility index (Phi) is 5.68. The first-order chi connectivity index (χ1) is 12.6. The second-order valence-corrected chi connectivity index (χ2v) is 6.10. The first kappa shape index (κ1) is 18.5. The van der Waals surface area contributed by atoms with Crippen LogP contribution in [0.25, 0.3) is 11.2 Å². The van der Waals surface area contributed by atoms with Gasteiger partial charge in [0, 0.05) is 13.5 Å². The molecule has 0 bridgehead atoms. The summed E-state index contributed by atoms with van der Waals surface area (Å²) in [5.41, 5.74) is 0.934. The summed E-state index contributed by atoms with van der Waals surface area (Å²) in [6.07, 6.45) is 0.121. The summed E-state index contributed by atoms with van der Waals surface area (Å²) in [7, 11) is 1.72. The summed E-state index contributed by atoms with van der Waals surface area (Å²) < 4.78 is 7.10. The van der Waals surface area contributed by atoms with E-state index in [0.717, 1.165) is 19.3 Å². The highest BCUT2D eigenvalue weighted by Crippen LogP contribution is 2.32. The average Bonchev–Trinajstić information content (AvgIpc) is 3.19. The maximum atomic E-state index is 10.3. The van der Waals surface area contributed by atoms with Crippen molar-refractivity contribution in [2.24, 2.45) is 0 Å². The molecule has 0 spiro atoms. The van der Waals surface area contributed by atoms with Crippen molar-refractivity contribution in [2.75, 3.05) is 19.0 Å². The molecule has 3 rings (SSSR count). The normalized spacial score (nSPS) is 25.3. The number of nitrogens with one attached hydrogen (secondary N) is 1.